The van der Waals surface area contributed by atoms with Crippen LogP contribution in [-0.4, -0.2) is 21.1 Å². The average molecular weight is 379 g/mol. The summed E-state index contributed by atoms with van der Waals surface area (Å²) in [4.78, 5) is 0. The third-order valence-electron chi connectivity index (χ3n) is 3.09. The summed E-state index contributed by atoms with van der Waals surface area (Å²) in [5.74, 6) is 1.30. The van der Waals surface area contributed by atoms with E-state index in [0.29, 0.717) is 20.6 Å². The molecule has 122 valence electrons. The van der Waals surface area contributed by atoms with Crippen molar-refractivity contribution in [2.75, 3.05) is 0 Å². The van der Waals surface area contributed by atoms with Gasteiger partial charge in [-0.25, -0.2) is 5.10 Å². The maximum atomic E-state index is 6.00. The monoisotopic (exact) mass is 378 g/mol. The Morgan fingerprint density at radius 2 is 1.96 bits per heavy atom. The van der Waals surface area contributed by atoms with E-state index in [0.717, 1.165) is 11.3 Å². The smallest absolute Gasteiger partial charge is 0.216 e. The molecule has 24 heavy (non-hydrogen) atoms. The summed E-state index contributed by atoms with van der Waals surface area (Å²) in [7, 11) is 0. The Kier molecular flexibility index (Phi) is 5.30. The zero-order chi connectivity index (χ0) is 16.9. The molecule has 0 saturated carbocycles. The number of hydrogen-bond acceptors (Lipinski definition) is 4. The first-order chi connectivity index (χ1) is 11.6. The third kappa shape index (κ3) is 4.03. The molecule has 3 aromatic rings. The first kappa shape index (κ1) is 16.7. The molecular formula is C16H12Cl2N4OS. The molecule has 0 amide bonds. The number of benzene rings is 2. The van der Waals surface area contributed by atoms with Crippen LogP contribution in [0.4, 0.5) is 0 Å². The highest BCUT2D eigenvalue weighted by molar-refractivity contribution is 7.71. The molecular weight excluding hydrogens is 367 g/mol. The average Bonchev–Trinajstić information content (AvgIpc) is 2.95. The van der Waals surface area contributed by atoms with Crippen molar-refractivity contribution in [3.05, 3.63) is 74.7 Å². The van der Waals surface area contributed by atoms with E-state index in [1.54, 1.807) is 18.3 Å². The van der Waals surface area contributed by atoms with Crippen molar-refractivity contribution in [2.45, 2.75) is 6.61 Å². The SMILES string of the molecule is S=c1[nH]nc(COc2ccccc2)n1/N=C/c1ccc(Cl)c(Cl)c1. The standard InChI is InChI=1S/C16H12Cl2N4OS/c17-13-7-6-11(8-14(13)18)9-19-22-15(20-21-16(22)24)10-23-12-4-2-1-3-5-12/h1-9H,10H2,(H,21,24)/b19-9+. The fourth-order valence-corrected chi connectivity index (χ4v) is 2.42. The van der Waals surface area contributed by atoms with Gasteiger partial charge in [0.05, 0.1) is 16.3 Å². The van der Waals surface area contributed by atoms with Gasteiger partial charge in [-0.1, -0.05) is 47.5 Å². The Bertz CT molecular complexity index is 921. The van der Waals surface area contributed by atoms with Crippen molar-refractivity contribution >= 4 is 41.6 Å². The maximum absolute atomic E-state index is 6.00. The van der Waals surface area contributed by atoms with Gasteiger partial charge in [-0.15, -0.1) is 0 Å². The minimum atomic E-state index is 0.232. The molecule has 1 heterocycles. The van der Waals surface area contributed by atoms with Gasteiger partial charge in [-0.3, -0.25) is 0 Å². The van der Waals surface area contributed by atoms with Crippen LogP contribution in [0, 0.1) is 4.77 Å². The lowest BCUT2D eigenvalue weighted by Gasteiger charge is -2.05. The van der Waals surface area contributed by atoms with E-state index in [1.165, 1.54) is 4.68 Å². The van der Waals surface area contributed by atoms with E-state index in [1.807, 2.05) is 36.4 Å². The van der Waals surface area contributed by atoms with Crippen molar-refractivity contribution in [3.8, 4) is 5.75 Å². The van der Waals surface area contributed by atoms with Crippen LogP contribution in [-0.2, 0) is 6.61 Å². The maximum Gasteiger partial charge on any atom is 0.216 e. The number of aromatic amines is 1. The number of aromatic nitrogens is 3. The summed E-state index contributed by atoms with van der Waals surface area (Å²) in [5, 5.41) is 12.1. The van der Waals surface area contributed by atoms with Crippen LogP contribution in [0.25, 0.3) is 0 Å². The summed E-state index contributed by atoms with van der Waals surface area (Å²) < 4.78 is 7.54. The lowest BCUT2D eigenvalue weighted by Crippen LogP contribution is -2.04. The summed E-state index contributed by atoms with van der Waals surface area (Å²) in [5.41, 5.74) is 0.794. The number of halogens is 2. The van der Waals surface area contributed by atoms with E-state index in [-0.39, 0.29) is 6.61 Å². The quantitative estimate of drug-likeness (QED) is 0.516. The fourth-order valence-electron chi connectivity index (χ4n) is 1.92. The predicted molar refractivity (Wildman–Crippen MR) is 97.6 cm³/mol. The van der Waals surface area contributed by atoms with Crippen LogP contribution in [0.15, 0.2) is 53.6 Å². The van der Waals surface area contributed by atoms with Crippen LogP contribution >= 0.6 is 35.4 Å². The molecule has 8 heteroatoms. The van der Waals surface area contributed by atoms with Crippen molar-refractivity contribution in [2.24, 2.45) is 5.10 Å². The van der Waals surface area contributed by atoms with Crippen molar-refractivity contribution in [1.29, 1.82) is 0 Å². The molecule has 2 aromatic carbocycles. The first-order valence-electron chi connectivity index (χ1n) is 6.97. The topological polar surface area (TPSA) is 55.2 Å². The predicted octanol–water partition coefficient (Wildman–Crippen LogP) is 4.71. The summed E-state index contributed by atoms with van der Waals surface area (Å²) in [6.07, 6.45) is 1.62. The lowest BCUT2D eigenvalue weighted by molar-refractivity contribution is 0.290. The summed E-state index contributed by atoms with van der Waals surface area (Å²) in [6, 6.07) is 14.7. The van der Waals surface area contributed by atoms with E-state index < -0.39 is 0 Å². The van der Waals surface area contributed by atoms with Gasteiger partial charge in [-0.05, 0) is 42.0 Å². The third-order valence-corrected chi connectivity index (χ3v) is 4.10. The minimum Gasteiger partial charge on any atom is -0.486 e. The van der Waals surface area contributed by atoms with Gasteiger partial charge in [0.2, 0.25) is 4.77 Å². The molecule has 0 atom stereocenters. The fraction of sp³-hybridized carbons (Fsp3) is 0.0625. The molecule has 0 saturated heterocycles. The zero-order valence-corrected chi connectivity index (χ0v) is 14.6. The van der Waals surface area contributed by atoms with Gasteiger partial charge < -0.3 is 4.74 Å². The highest BCUT2D eigenvalue weighted by Crippen LogP contribution is 2.21. The second kappa shape index (κ2) is 7.61. The van der Waals surface area contributed by atoms with Gasteiger partial charge in [0, 0.05) is 0 Å². The molecule has 0 aliphatic carbocycles. The van der Waals surface area contributed by atoms with Crippen molar-refractivity contribution in [3.63, 3.8) is 0 Å². The number of nitrogens with zero attached hydrogens (tertiary/aromatic N) is 3. The molecule has 0 spiro atoms. The van der Waals surface area contributed by atoms with E-state index >= 15 is 0 Å². The van der Waals surface area contributed by atoms with Gasteiger partial charge in [0.25, 0.3) is 0 Å². The number of hydrogen-bond donors (Lipinski definition) is 1. The summed E-state index contributed by atoms with van der Waals surface area (Å²) >= 11 is 17.1. The Balaban J connectivity index is 1.78. The van der Waals surface area contributed by atoms with E-state index in [9.17, 15) is 0 Å². The highest BCUT2D eigenvalue weighted by Gasteiger charge is 2.06. The second-order valence-electron chi connectivity index (χ2n) is 4.78. The molecule has 0 radical (unpaired) electrons. The molecule has 0 aliphatic heterocycles. The molecule has 0 bridgehead atoms. The second-order valence-corrected chi connectivity index (χ2v) is 5.98. The molecule has 0 unspecified atom stereocenters. The van der Waals surface area contributed by atoms with Crippen molar-refractivity contribution < 1.29 is 4.74 Å². The van der Waals surface area contributed by atoms with Crippen LogP contribution < -0.4 is 4.74 Å². The molecule has 1 aromatic heterocycles. The van der Waals surface area contributed by atoms with Crippen LogP contribution in [0.1, 0.15) is 11.4 Å². The van der Waals surface area contributed by atoms with Crippen molar-refractivity contribution in [1.82, 2.24) is 14.9 Å². The number of nitrogens with one attached hydrogen (secondary N) is 1. The molecule has 3 rings (SSSR count). The molecule has 5 nitrogen and oxygen atoms in total. The van der Waals surface area contributed by atoms with Gasteiger partial charge >= 0.3 is 0 Å². The van der Waals surface area contributed by atoms with Crippen LogP contribution in [0.2, 0.25) is 10.0 Å². The normalized spacial score (nSPS) is 11.1. The molecule has 0 aliphatic rings. The largest absolute Gasteiger partial charge is 0.486 e. The number of ether oxygens (including phenoxy) is 1. The Morgan fingerprint density at radius 1 is 1.17 bits per heavy atom. The Labute approximate surface area is 153 Å². The Morgan fingerprint density at radius 3 is 2.71 bits per heavy atom. The van der Waals surface area contributed by atoms with E-state index in [4.69, 9.17) is 40.2 Å². The van der Waals surface area contributed by atoms with Crippen LogP contribution in [0.3, 0.4) is 0 Å². The van der Waals surface area contributed by atoms with E-state index in [2.05, 4.69) is 15.3 Å². The first-order valence-corrected chi connectivity index (χ1v) is 8.13. The number of H-pyrrole nitrogens is 1. The molecule has 1 N–H and O–H groups in total. The van der Waals surface area contributed by atoms with Crippen LogP contribution in [0.5, 0.6) is 5.75 Å². The minimum absolute atomic E-state index is 0.232. The molecule has 0 fully saturated rings. The van der Waals surface area contributed by atoms with Gasteiger partial charge in [0.1, 0.15) is 12.4 Å². The van der Waals surface area contributed by atoms with Gasteiger partial charge in [-0.2, -0.15) is 14.9 Å². The summed E-state index contributed by atoms with van der Waals surface area (Å²) in [6.45, 7) is 0.232. The number of rotatable bonds is 5. The zero-order valence-electron chi connectivity index (χ0n) is 12.3. The number of para-hydroxylation sites is 1. The van der Waals surface area contributed by atoms with Gasteiger partial charge in [0.15, 0.2) is 5.82 Å². The lowest BCUT2D eigenvalue weighted by atomic mass is 10.2. The highest BCUT2D eigenvalue weighted by atomic mass is 35.5. The Hall–Kier alpha value is -2.15.